The second kappa shape index (κ2) is 11.7. The van der Waals surface area contributed by atoms with Crippen LogP contribution in [0.2, 0.25) is 0 Å². The highest BCUT2D eigenvalue weighted by Gasteiger charge is 2.41. The highest BCUT2D eigenvalue weighted by molar-refractivity contribution is 7.92. The summed E-state index contributed by atoms with van der Waals surface area (Å²) in [5.74, 6) is -1.93. The number of alkyl halides is 5. The molecule has 226 valence electrons. The van der Waals surface area contributed by atoms with E-state index < -0.39 is 56.2 Å². The number of nitrogens with zero attached hydrogens (tertiary/aromatic N) is 1. The minimum absolute atomic E-state index is 0.00162. The number of carboxylic acid groups (broad SMARTS) is 1. The van der Waals surface area contributed by atoms with Crippen molar-refractivity contribution in [3.8, 4) is 22.6 Å². The van der Waals surface area contributed by atoms with E-state index in [-0.39, 0.29) is 35.7 Å². The molecule has 0 aliphatic carbocycles. The lowest BCUT2D eigenvalue weighted by molar-refractivity contribution is -0.175. The Morgan fingerprint density at radius 3 is 2.33 bits per heavy atom. The van der Waals surface area contributed by atoms with Crippen molar-refractivity contribution in [1.29, 1.82) is 0 Å². The Balaban J connectivity index is 0.000000437. The molecule has 0 bridgehead atoms. The van der Waals surface area contributed by atoms with E-state index >= 15 is 0 Å². The number of benzene rings is 3. The van der Waals surface area contributed by atoms with Crippen molar-refractivity contribution < 1.29 is 58.9 Å². The van der Waals surface area contributed by atoms with Crippen LogP contribution in [0.25, 0.3) is 11.1 Å². The zero-order chi connectivity index (χ0) is 30.9. The molecule has 1 fully saturated rings. The molecule has 0 atom stereocenters. The number of carbonyl (C=O) groups is 1. The summed E-state index contributed by atoms with van der Waals surface area (Å²) in [7, 11) is -4.43. The molecule has 0 aromatic heterocycles. The highest BCUT2D eigenvalue weighted by Crippen LogP contribution is 2.40. The fourth-order valence-corrected chi connectivity index (χ4v) is 5.51. The number of hydrogen-bond acceptors (Lipinski definition) is 6. The number of fused-ring (bicyclic) bond motifs is 1. The smallest absolute Gasteiger partial charge is 0.416 e. The first-order chi connectivity index (χ1) is 19.6. The lowest BCUT2D eigenvalue weighted by Gasteiger charge is -2.33. The van der Waals surface area contributed by atoms with Crippen molar-refractivity contribution in [2.45, 2.75) is 24.6 Å². The van der Waals surface area contributed by atoms with E-state index in [4.69, 9.17) is 14.6 Å². The molecule has 0 unspecified atom stereocenters. The number of anilines is 1. The molecule has 1 saturated heterocycles. The number of carboxylic acids is 1. The topological polar surface area (TPSA) is 102 Å². The summed E-state index contributed by atoms with van der Waals surface area (Å²) in [5, 5.41) is 8.41. The van der Waals surface area contributed by atoms with Gasteiger partial charge < -0.3 is 19.3 Å². The first-order valence-electron chi connectivity index (χ1n) is 12.1. The number of aliphatic carboxylic acids is 1. The highest BCUT2D eigenvalue weighted by atomic mass is 32.2. The molecule has 1 N–H and O–H groups in total. The normalized spacial score (nSPS) is 16.0. The van der Waals surface area contributed by atoms with E-state index in [0.29, 0.717) is 19.3 Å². The van der Waals surface area contributed by atoms with Gasteiger partial charge in [-0.3, -0.25) is 9.10 Å². The van der Waals surface area contributed by atoms with Crippen LogP contribution in [0.3, 0.4) is 0 Å². The minimum Gasteiger partial charge on any atom is -0.489 e. The molecular formula is C27H23F6NO7S. The Hall–Kier alpha value is -3.98. The minimum atomic E-state index is -4.74. The van der Waals surface area contributed by atoms with Gasteiger partial charge in [0.15, 0.2) is 0 Å². The van der Waals surface area contributed by atoms with E-state index in [1.165, 1.54) is 18.2 Å². The van der Waals surface area contributed by atoms with Crippen LogP contribution >= 0.6 is 0 Å². The van der Waals surface area contributed by atoms with E-state index in [9.17, 15) is 39.6 Å². The second-order valence-electron chi connectivity index (χ2n) is 9.55. The molecule has 0 saturated carbocycles. The number of rotatable bonds is 6. The van der Waals surface area contributed by atoms with E-state index in [2.05, 4.69) is 4.74 Å². The fraction of sp³-hybridized carbons (Fsp3) is 0.296. The Labute approximate surface area is 236 Å². The van der Waals surface area contributed by atoms with Gasteiger partial charge in [0.05, 0.1) is 35.9 Å². The fourth-order valence-electron chi connectivity index (χ4n) is 4.01. The van der Waals surface area contributed by atoms with Crippen molar-refractivity contribution in [1.82, 2.24) is 0 Å². The molecule has 0 spiro atoms. The van der Waals surface area contributed by atoms with E-state index in [1.807, 2.05) is 0 Å². The monoisotopic (exact) mass is 619 g/mol. The maximum absolute atomic E-state index is 14.0. The quantitative estimate of drug-likeness (QED) is 0.348. The average Bonchev–Trinajstić information content (AvgIpc) is 2.90. The van der Waals surface area contributed by atoms with Crippen LogP contribution in [-0.4, -0.2) is 52.5 Å². The first-order valence-corrected chi connectivity index (χ1v) is 13.6. The largest absolute Gasteiger partial charge is 0.489 e. The molecule has 2 aliphatic rings. The van der Waals surface area contributed by atoms with Crippen LogP contribution in [0.15, 0.2) is 65.6 Å². The van der Waals surface area contributed by atoms with Crippen molar-refractivity contribution in [3.05, 3.63) is 72.0 Å². The van der Waals surface area contributed by atoms with Gasteiger partial charge in [0.25, 0.3) is 10.0 Å². The number of ether oxygens (including phenoxy) is 3. The first kappa shape index (κ1) is 31.0. The molecule has 15 heteroatoms. The van der Waals surface area contributed by atoms with Crippen molar-refractivity contribution in [2.24, 2.45) is 5.41 Å². The van der Waals surface area contributed by atoms with Crippen LogP contribution in [0.1, 0.15) is 12.5 Å². The maximum Gasteiger partial charge on any atom is 0.416 e. The predicted octanol–water partition coefficient (Wildman–Crippen LogP) is 5.81. The molecular weight excluding hydrogens is 596 g/mol. The standard InChI is InChI=1S/C22H15F6NO4S.C5H8O3/c23-16-8-14(9-17(12-16)33-21(24)25)13-4-5-20-19(10-13)29(6-7-32-20)34(30,31)18-3-1-2-15(11-18)22(26,27)28;1-5(4(6)7)2-8-3-5/h1-5,8-12,21H,6-7H2;2-3H2,1H3,(H,6,7). The zero-order valence-corrected chi connectivity index (χ0v) is 22.5. The molecule has 3 aromatic carbocycles. The van der Waals surface area contributed by atoms with Gasteiger partial charge in [0, 0.05) is 6.07 Å². The summed E-state index contributed by atoms with van der Waals surface area (Å²) in [6.07, 6.45) is -4.74. The number of sulfonamides is 1. The summed E-state index contributed by atoms with van der Waals surface area (Å²) < 4.78 is 120. The Morgan fingerprint density at radius 2 is 1.76 bits per heavy atom. The summed E-state index contributed by atoms with van der Waals surface area (Å²) in [5.41, 5.74) is -1.35. The van der Waals surface area contributed by atoms with E-state index in [0.717, 1.165) is 40.7 Å². The third-order valence-electron chi connectivity index (χ3n) is 6.32. The van der Waals surface area contributed by atoms with Gasteiger partial charge in [-0.2, -0.15) is 22.0 Å². The molecule has 2 aliphatic heterocycles. The number of hydrogen-bond donors (Lipinski definition) is 1. The van der Waals surface area contributed by atoms with Crippen LogP contribution in [0, 0.1) is 11.2 Å². The van der Waals surface area contributed by atoms with Crippen molar-refractivity contribution in [2.75, 3.05) is 30.7 Å². The summed E-state index contributed by atoms with van der Waals surface area (Å²) in [6.45, 7) is -1.03. The van der Waals surface area contributed by atoms with Gasteiger partial charge in [0.1, 0.15) is 29.3 Å². The van der Waals surface area contributed by atoms with Crippen LogP contribution < -0.4 is 13.8 Å². The van der Waals surface area contributed by atoms with Crippen molar-refractivity contribution in [3.63, 3.8) is 0 Å². The number of halogens is 6. The molecule has 2 heterocycles. The third-order valence-corrected chi connectivity index (χ3v) is 8.13. The van der Waals surface area contributed by atoms with Crippen LogP contribution in [-0.2, 0) is 25.7 Å². The summed E-state index contributed by atoms with van der Waals surface area (Å²) >= 11 is 0. The van der Waals surface area contributed by atoms with Gasteiger partial charge in [-0.25, -0.2) is 12.8 Å². The third kappa shape index (κ3) is 6.73. The van der Waals surface area contributed by atoms with Gasteiger partial charge in [-0.1, -0.05) is 12.1 Å². The Kier molecular flexibility index (Phi) is 8.64. The van der Waals surface area contributed by atoms with Crippen molar-refractivity contribution >= 4 is 21.7 Å². The Bertz CT molecular complexity index is 1580. The molecule has 8 nitrogen and oxygen atoms in total. The maximum atomic E-state index is 14.0. The van der Waals surface area contributed by atoms with Gasteiger partial charge in [-0.05, 0) is 60.5 Å². The molecule has 42 heavy (non-hydrogen) atoms. The van der Waals surface area contributed by atoms with Gasteiger partial charge in [0.2, 0.25) is 0 Å². The molecule has 3 aromatic rings. The van der Waals surface area contributed by atoms with Gasteiger partial charge in [-0.15, -0.1) is 0 Å². The summed E-state index contributed by atoms with van der Waals surface area (Å²) in [4.78, 5) is 9.65. The zero-order valence-electron chi connectivity index (χ0n) is 21.7. The summed E-state index contributed by atoms with van der Waals surface area (Å²) in [6, 6.07) is 10.5. The average molecular weight is 620 g/mol. The lowest BCUT2D eigenvalue weighted by Crippen LogP contribution is -2.46. The second-order valence-corrected chi connectivity index (χ2v) is 11.4. The van der Waals surface area contributed by atoms with Crippen LogP contribution in [0.5, 0.6) is 11.5 Å². The predicted molar refractivity (Wildman–Crippen MR) is 137 cm³/mol. The van der Waals surface area contributed by atoms with Gasteiger partial charge >= 0.3 is 18.8 Å². The van der Waals surface area contributed by atoms with E-state index in [1.54, 1.807) is 6.92 Å². The molecule has 5 rings (SSSR count). The molecule has 0 radical (unpaired) electrons. The SMILES string of the molecule is CC1(C(=O)O)COC1.O=S(=O)(c1cccc(C(F)(F)F)c1)N1CCOc2ccc(-c3cc(F)cc(OC(F)F)c3)cc21. The Morgan fingerprint density at radius 1 is 1.05 bits per heavy atom. The molecule has 0 amide bonds. The lowest BCUT2D eigenvalue weighted by atomic mass is 9.89. The van der Waals surface area contributed by atoms with Crippen LogP contribution in [0.4, 0.5) is 32.0 Å².